The van der Waals surface area contributed by atoms with E-state index in [1.165, 1.54) is 0 Å². The maximum Gasteiger partial charge on any atom is 0.241 e. The van der Waals surface area contributed by atoms with Crippen molar-refractivity contribution < 1.29 is 22.6 Å². The van der Waals surface area contributed by atoms with Gasteiger partial charge < -0.3 is 14.2 Å². The van der Waals surface area contributed by atoms with E-state index in [1.807, 2.05) is 18.2 Å². The summed E-state index contributed by atoms with van der Waals surface area (Å²) in [6, 6.07) is 9.25. The lowest BCUT2D eigenvalue weighted by molar-refractivity contribution is 0.174. The van der Waals surface area contributed by atoms with E-state index in [4.69, 9.17) is 14.2 Å². The lowest BCUT2D eigenvalue weighted by Gasteiger charge is -2.13. The summed E-state index contributed by atoms with van der Waals surface area (Å²) in [5, 5.41) is 0. The number of nitrogens with one attached hydrogen (secondary N) is 1. The Kier molecular flexibility index (Phi) is 5.38. The molecule has 0 aliphatic carbocycles. The first-order valence-corrected chi connectivity index (χ1v) is 9.92. The van der Waals surface area contributed by atoms with Crippen LogP contribution in [-0.2, 0) is 16.4 Å². The Balaban J connectivity index is 1.61. The highest BCUT2D eigenvalue weighted by molar-refractivity contribution is 7.89. The number of aryl methyl sites for hydroxylation is 3. The molecule has 2 aromatic rings. The van der Waals surface area contributed by atoms with Crippen LogP contribution in [0.3, 0.4) is 0 Å². The number of rotatable bonds is 7. The van der Waals surface area contributed by atoms with Gasteiger partial charge in [-0.05, 0) is 67.6 Å². The molecule has 1 heterocycles. The Morgan fingerprint density at radius 1 is 1.08 bits per heavy atom. The van der Waals surface area contributed by atoms with Crippen molar-refractivity contribution in [1.82, 2.24) is 4.72 Å². The summed E-state index contributed by atoms with van der Waals surface area (Å²) in [5.74, 6) is 2.15. The van der Waals surface area contributed by atoms with Crippen LogP contribution in [0.1, 0.15) is 23.1 Å². The summed E-state index contributed by atoms with van der Waals surface area (Å²) in [4.78, 5) is 0.321. The summed E-state index contributed by atoms with van der Waals surface area (Å²) in [7, 11) is -1.99. The van der Waals surface area contributed by atoms with Crippen molar-refractivity contribution in [1.29, 1.82) is 0 Å². The SMILES string of the molecule is COc1cc(C)c(S(=O)(=O)NCCCc2ccc3c(c2)OCO3)c(C)c1. The van der Waals surface area contributed by atoms with Crippen LogP contribution in [-0.4, -0.2) is 28.9 Å². The number of fused-ring (bicyclic) bond motifs is 1. The monoisotopic (exact) mass is 377 g/mol. The zero-order valence-corrected chi connectivity index (χ0v) is 16.0. The molecular formula is C19H23NO5S. The average Bonchev–Trinajstić information content (AvgIpc) is 3.05. The fourth-order valence-electron chi connectivity index (χ4n) is 3.12. The summed E-state index contributed by atoms with van der Waals surface area (Å²) in [6.45, 7) is 4.16. The normalized spacial score (nSPS) is 13.0. The van der Waals surface area contributed by atoms with Crippen LogP contribution in [0.4, 0.5) is 0 Å². The van der Waals surface area contributed by atoms with Gasteiger partial charge in [-0.3, -0.25) is 0 Å². The topological polar surface area (TPSA) is 73.9 Å². The van der Waals surface area contributed by atoms with Gasteiger partial charge in [0.15, 0.2) is 11.5 Å². The van der Waals surface area contributed by atoms with Crippen molar-refractivity contribution in [3.8, 4) is 17.2 Å². The standard InChI is InChI=1S/C19H23NO5S/c1-13-9-16(23-3)10-14(2)19(13)26(21,22)20-8-4-5-15-6-7-17-18(11-15)25-12-24-17/h6-7,9-11,20H,4-5,8,12H2,1-3H3. The molecule has 1 aliphatic heterocycles. The van der Waals surface area contributed by atoms with Gasteiger partial charge in [0.1, 0.15) is 5.75 Å². The molecule has 0 spiro atoms. The van der Waals surface area contributed by atoms with Gasteiger partial charge in [-0.2, -0.15) is 0 Å². The van der Waals surface area contributed by atoms with Gasteiger partial charge in [0.05, 0.1) is 12.0 Å². The van der Waals surface area contributed by atoms with Crippen LogP contribution in [0.25, 0.3) is 0 Å². The molecule has 0 saturated heterocycles. The smallest absolute Gasteiger partial charge is 0.241 e. The molecule has 0 fully saturated rings. The summed E-state index contributed by atoms with van der Waals surface area (Å²) < 4.78 is 43.8. The first-order valence-electron chi connectivity index (χ1n) is 8.44. The lowest BCUT2D eigenvalue weighted by Crippen LogP contribution is -2.26. The first-order chi connectivity index (χ1) is 12.4. The van der Waals surface area contributed by atoms with Gasteiger partial charge in [0.2, 0.25) is 16.8 Å². The largest absolute Gasteiger partial charge is 0.497 e. The van der Waals surface area contributed by atoms with Gasteiger partial charge >= 0.3 is 0 Å². The van der Waals surface area contributed by atoms with E-state index in [-0.39, 0.29) is 6.79 Å². The minimum atomic E-state index is -3.56. The molecule has 140 valence electrons. The second-order valence-electron chi connectivity index (χ2n) is 6.28. The molecule has 0 amide bonds. The zero-order valence-electron chi connectivity index (χ0n) is 15.2. The number of hydrogen-bond acceptors (Lipinski definition) is 5. The summed E-state index contributed by atoms with van der Waals surface area (Å²) >= 11 is 0. The third-order valence-electron chi connectivity index (χ3n) is 4.31. The maximum atomic E-state index is 12.6. The third-order valence-corrected chi connectivity index (χ3v) is 6.08. The van der Waals surface area contributed by atoms with E-state index in [0.717, 1.165) is 23.5 Å². The van der Waals surface area contributed by atoms with Crippen LogP contribution in [0.2, 0.25) is 0 Å². The molecule has 1 aliphatic rings. The minimum Gasteiger partial charge on any atom is -0.497 e. The Hall–Kier alpha value is -2.25. The molecule has 1 N–H and O–H groups in total. The Bertz CT molecular complexity index is 885. The maximum absolute atomic E-state index is 12.6. The van der Waals surface area contributed by atoms with Crippen LogP contribution < -0.4 is 18.9 Å². The number of sulfonamides is 1. The van der Waals surface area contributed by atoms with Crippen molar-refractivity contribution in [2.75, 3.05) is 20.4 Å². The fourth-order valence-corrected chi connectivity index (χ4v) is 4.64. The molecule has 26 heavy (non-hydrogen) atoms. The Labute approximate surface area is 154 Å². The van der Waals surface area contributed by atoms with Gasteiger partial charge in [-0.15, -0.1) is 0 Å². The van der Waals surface area contributed by atoms with Crippen LogP contribution in [0, 0.1) is 13.8 Å². The second kappa shape index (κ2) is 7.55. The molecule has 0 atom stereocenters. The Morgan fingerprint density at radius 3 is 2.46 bits per heavy atom. The van der Waals surface area contributed by atoms with Crippen LogP contribution >= 0.6 is 0 Å². The second-order valence-corrected chi connectivity index (χ2v) is 7.98. The minimum absolute atomic E-state index is 0.249. The quantitative estimate of drug-likeness (QED) is 0.751. The number of methoxy groups -OCH3 is 1. The molecule has 0 bridgehead atoms. The van der Waals surface area contributed by atoms with Crippen LogP contribution in [0.5, 0.6) is 17.2 Å². The molecular weight excluding hydrogens is 354 g/mol. The van der Waals surface area contributed by atoms with Crippen molar-refractivity contribution in [2.45, 2.75) is 31.6 Å². The predicted molar refractivity (Wildman–Crippen MR) is 98.5 cm³/mol. The molecule has 3 rings (SSSR count). The summed E-state index contributed by atoms with van der Waals surface area (Å²) in [5.41, 5.74) is 2.43. The van der Waals surface area contributed by atoms with E-state index in [9.17, 15) is 8.42 Å². The third kappa shape index (κ3) is 3.94. The van der Waals surface area contributed by atoms with Gasteiger partial charge in [0, 0.05) is 6.54 Å². The molecule has 0 unspecified atom stereocenters. The van der Waals surface area contributed by atoms with E-state index >= 15 is 0 Å². The van der Waals surface area contributed by atoms with E-state index in [1.54, 1.807) is 33.1 Å². The highest BCUT2D eigenvalue weighted by Crippen LogP contribution is 2.32. The van der Waals surface area contributed by atoms with Gasteiger partial charge in [-0.25, -0.2) is 13.1 Å². The van der Waals surface area contributed by atoms with E-state index < -0.39 is 10.0 Å². The molecule has 2 aromatic carbocycles. The molecule has 0 saturated carbocycles. The van der Waals surface area contributed by atoms with E-state index in [2.05, 4.69) is 4.72 Å². The number of benzene rings is 2. The highest BCUT2D eigenvalue weighted by atomic mass is 32.2. The molecule has 6 nitrogen and oxygen atoms in total. The predicted octanol–water partition coefficient (Wildman–Crippen LogP) is 2.95. The van der Waals surface area contributed by atoms with Crippen molar-refractivity contribution >= 4 is 10.0 Å². The van der Waals surface area contributed by atoms with Crippen LogP contribution in [0.15, 0.2) is 35.2 Å². The van der Waals surface area contributed by atoms with E-state index in [0.29, 0.717) is 34.7 Å². The van der Waals surface area contributed by atoms with Crippen molar-refractivity contribution in [3.63, 3.8) is 0 Å². The lowest BCUT2D eigenvalue weighted by atomic mass is 10.1. The zero-order chi connectivity index (χ0) is 18.7. The number of ether oxygens (including phenoxy) is 3. The molecule has 7 heteroatoms. The van der Waals surface area contributed by atoms with Gasteiger partial charge in [0.25, 0.3) is 0 Å². The summed E-state index contributed by atoms with van der Waals surface area (Å²) in [6.07, 6.45) is 1.44. The first kappa shape index (κ1) is 18.5. The van der Waals surface area contributed by atoms with Crippen molar-refractivity contribution in [3.05, 3.63) is 47.0 Å². The average molecular weight is 377 g/mol. The number of hydrogen-bond donors (Lipinski definition) is 1. The Morgan fingerprint density at radius 2 is 1.77 bits per heavy atom. The van der Waals surface area contributed by atoms with Gasteiger partial charge in [-0.1, -0.05) is 6.07 Å². The fraction of sp³-hybridized carbons (Fsp3) is 0.368. The molecule has 0 aromatic heterocycles. The highest BCUT2D eigenvalue weighted by Gasteiger charge is 2.20. The molecule has 0 radical (unpaired) electrons. The van der Waals surface area contributed by atoms with Crippen molar-refractivity contribution in [2.24, 2.45) is 0 Å².